The second-order valence-corrected chi connectivity index (χ2v) is 6.42. The molecule has 0 aromatic heterocycles. The van der Waals surface area contributed by atoms with E-state index in [1.54, 1.807) is 23.5 Å². The molecule has 0 aliphatic carbocycles. The zero-order valence-electron chi connectivity index (χ0n) is 7.52. The lowest BCUT2D eigenvalue weighted by Gasteiger charge is -2.16. The highest BCUT2D eigenvalue weighted by Gasteiger charge is 2.16. The van der Waals surface area contributed by atoms with Crippen LogP contribution < -0.4 is 0 Å². The van der Waals surface area contributed by atoms with Crippen molar-refractivity contribution in [1.29, 1.82) is 0 Å². The number of thioether (sulfide) groups is 3. The summed E-state index contributed by atoms with van der Waals surface area (Å²) in [5.74, 6) is 5.82. The van der Waals surface area contributed by atoms with Gasteiger partial charge in [0.25, 0.3) is 0 Å². The van der Waals surface area contributed by atoms with Crippen LogP contribution in [0, 0.1) is 0 Å². The highest BCUT2D eigenvalue weighted by molar-refractivity contribution is 8.04. The van der Waals surface area contributed by atoms with Crippen LogP contribution in [-0.2, 0) is 0 Å². The van der Waals surface area contributed by atoms with Crippen LogP contribution in [0.1, 0.15) is 0 Å². The third-order valence-electron chi connectivity index (χ3n) is 1.77. The maximum Gasteiger partial charge on any atom is 0.0897 e. The van der Waals surface area contributed by atoms with Gasteiger partial charge in [-0.1, -0.05) is 0 Å². The Bertz CT molecular complexity index is 121. The third kappa shape index (κ3) is 5.42. The van der Waals surface area contributed by atoms with Crippen molar-refractivity contribution in [3.05, 3.63) is 0 Å². The van der Waals surface area contributed by atoms with Gasteiger partial charge in [-0.15, -0.1) is 0 Å². The van der Waals surface area contributed by atoms with Gasteiger partial charge < -0.3 is 10.2 Å². The first-order valence-corrected chi connectivity index (χ1v) is 7.86. The van der Waals surface area contributed by atoms with E-state index in [0.29, 0.717) is 11.5 Å². The molecule has 0 aromatic rings. The van der Waals surface area contributed by atoms with Crippen LogP contribution in [0.4, 0.5) is 0 Å². The molecule has 2 atom stereocenters. The second kappa shape index (κ2) is 7.29. The van der Waals surface area contributed by atoms with E-state index in [0.717, 1.165) is 23.0 Å². The smallest absolute Gasteiger partial charge is 0.0897 e. The minimum absolute atomic E-state index is 0.541. The topological polar surface area (TPSA) is 40.5 Å². The van der Waals surface area contributed by atoms with E-state index in [1.807, 2.05) is 11.8 Å². The monoisotopic (exact) mass is 240 g/mol. The SMILES string of the molecule is OC1CSCCSCCSCC1O. The zero-order chi connectivity index (χ0) is 9.52. The Labute approximate surface area is 92.2 Å². The van der Waals surface area contributed by atoms with Gasteiger partial charge in [0.2, 0.25) is 0 Å². The predicted molar refractivity (Wildman–Crippen MR) is 64.0 cm³/mol. The number of hydrogen-bond donors (Lipinski definition) is 2. The van der Waals surface area contributed by atoms with Crippen LogP contribution >= 0.6 is 35.3 Å². The summed E-state index contributed by atoms with van der Waals surface area (Å²) in [7, 11) is 0. The van der Waals surface area contributed by atoms with E-state index >= 15 is 0 Å². The second-order valence-electron chi connectivity index (χ2n) is 2.90. The molecule has 1 aliphatic rings. The molecule has 1 aliphatic heterocycles. The first kappa shape index (κ1) is 12.0. The molecule has 1 rings (SSSR count). The average molecular weight is 240 g/mol. The summed E-state index contributed by atoms with van der Waals surface area (Å²) in [5.41, 5.74) is 0. The normalized spacial score (nSPS) is 33.7. The summed E-state index contributed by atoms with van der Waals surface area (Å²) < 4.78 is 0. The van der Waals surface area contributed by atoms with E-state index in [4.69, 9.17) is 0 Å². The van der Waals surface area contributed by atoms with Gasteiger partial charge in [0, 0.05) is 34.5 Å². The van der Waals surface area contributed by atoms with Crippen molar-refractivity contribution < 1.29 is 10.2 Å². The lowest BCUT2D eigenvalue weighted by molar-refractivity contribution is 0.0500. The fraction of sp³-hybridized carbons (Fsp3) is 1.00. The van der Waals surface area contributed by atoms with Crippen LogP contribution in [0.25, 0.3) is 0 Å². The largest absolute Gasteiger partial charge is 0.390 e. The van der Waals surface area contributed by atoms with E-state index < -0.39 is 12.2 Å². The van der Waals surface area contributed by atoms with Crippen molar-refractivity contribution in [3.8, 4) is 0 Å². The Balaban J connectivity index is 2.26. The average Bonchev–Trinajstić information content (AvgIpc) is 2.16. The van der Waals surface area contributed by atoms with Gasteiger partial charge in [-0.2, -0.15) is 35.3 Å². The van der Waals surface area contributed by atoms with E-state index in [1.165, 1.54) is 0 Å². The molecule has 78 valence electrons. The van der Waals surface area contributed by atoms with E-state index in [2.05, 4.69) is 0 Å². The molecular weight excluding hydrogens is 224 g/mol. The fourth-order valence-electron chi connectivity index (χ4n) is 0.968. The van der Waals surface area contributed by atoms with Gasteiger partial charge in [-0.25, -0.2) is 0 Å². The third-order valence-corrected chi connectivity index (χ3v) is 5.41. The van der Waals surface area contributed by atoms with Gasteiger partial charge >= 0.3 is 0 Å². The maximum absolute atomic E-state index is 9.50. The van der Waals surface area contributed by atoms with Gasteiger partial charge in [0.15, 0.2) is 0 Å². The summed E-state index contributed by atoms with van der Waals surface area (Å²) in [5, 5.41) is 19.0. The van der Waals surface area contributed by atoms with Crippen molar-refractivity contribution in [2.24, 2.45) is 0 Å². The lowest BCUT2D eigenvalue weighted by Crippen LogP contribution is -2.30. The fourth-order valence-corrected chi connectivity index (χ4v) is 4.32. The van der Waals surface area contributed by atoms with Crippen LogP contribution in [0.15, 0.2) is 0 Å². The Kier molecular flexibility index (Phi) is 6.75. The van der Waals surface area contributed by atoms with E-state index in [-0.39, 0.29) is 0 Å². The summed E-state index contributed by atoms with van der Waals surface area (Å²) in [6, 6.07) is 0. The molecule has 0 amide bonds. The van der Waals surface area contributed by atoms with E-state index in [9.17, 15) is 10.2 Å². The summed E-state index contributed by atoms with van der Waals surface area (Å²) in [6.45, 7) is 0. The van der Waals surface area contributed by atoms with Gasteiger partial charge in [-0.3, -0.25) is 0 Å². The molecule has 2 N–H and O–H groups in total. The van der Waals surface area contributed by atoms with Gasteiger partial charge in [0.1, 0.15) is 0 Å². The molecule has 2 nitrogen and oxygen atoms in total. The molecule has 0 saturated carbocycles. The summed E-state index contributed by atoms with van der Waals surface area (Å²) >= 11 is 5.42. The van der Waals surface area contributed by atoms with Crippen LogP contribution in [0.5, 0.6) is 0 Å². The van der Waals surface area contributed by atoms with Gasteiger partial charge in [0.05, 0.1) is 12.2 Å². The summed E-state index contributed by atoms with van der Waals surface area (Å²) in [4.78, 5) is 0. The zero-order valence-corrected chi connectivity index (χ0v) is 9.97. The highest BCUT2D eigenvalue weighted by Crippen LogP contribution is 2.16. The molecule has 0 bridgehead atoms. The Morgan fingerprint density at radius 3 is 1.54 bits per heavy atom. The molecule has 0 radical (unpaired) electrons. The molecule has 1 saturated heterocycles. The van der Waals surface area contributed by atoms with Gasteiger partial charge in [-0.05, 0) is 0 Å². The Hall–Kier alpha value is 0.970. The number of aliphatic hydroxyl groups excluding tert-OH is 2. The Morgan fingerprint density at radius 1 is 0.692 bits per heavy atom. The van der Waals surface area contributed by atoms with Crippen molar-refractivity contribution in [1.82, 2.24) is 0 Å². The van der Waals surface area contributed by atoms with Crippen molar-refractivity contribution in [2.75, 3.05) is 34.5 Å². The first-order valence-electron chi connectivity index (χ1n) is 4.40. The lowest BCUT2D eigenvalue weighted by atomic mass is 10.3. The molecule has 0 spiro atoms. The molecule has 2 unspecified atom stereocenters. The van der Waals surface area contributed by atoms with Crippen LogP contribution in [0.2, 0.25) is 0 Å². The molecular formula is C8H16O2S3. The van der Waals surface area contributed by atoms with Crippen LogP contribution in [-0.4, -0.2) is 56.9 Å². The molecule has 1 fully saturated rings. The molecule has 13 heavy (non-hydrogen) atoms. The predicted octanol–water partition coefficient (Wildman–Crippen LogP) is 0.921. The highest BCUT2D eigenvalue weighted by atomic mass is 32.2. The minimum atomic E-state index is -0.541. The summed E-state index contributed by atoms with van der Waals surface area (Å²) in [6.07, 6.45) is -1.08. The first-order chi connectivity index (χ1) is 6.30. The molecule has 5 heteroatoms. The number of aliphatic hydroxyl groups is 2. The Morgan fingerprint density at radius 2 is 1.08 bits per heavy atom. The maximum atomic E-state index is 9.50. The standard InChI is InChI=1S/C8H16O2S3/c9-7-5-12-3-1-11-2-4-13-6-8(7)10/h7-10H,1-6H2. The van der Waals surface area contributed by atoms with Crippen molar-refractivity contribution in [3.63, 3.8) is 0 Å². The van der Waals surface area contributed by atoms with Crippen LogP contribution in [0.3, 0.4) is 0 Å². The number of rotatable bonds is 0. The minimum Gasteiger partial charge on any atom is -0.390 e. The van der Waals surface area contributed by atoms with Crippen molar-refractivity contribution in [2.45, 2.75) is 12.2 Å². The quantitative estimate of drug-likeness (QED) is 0.659. The molecule has 1 heterocycles. The van der Waals surface area contributed by atoms with Crippen molar-refractivity contribution >= 4 is 35.3 Å². The number of hydrogen-bond acceptors (Lipinski definition) is 5. The molecule has 0 aromatic carbocycles.